The number of carbonyl (C=O) groups excluding carboxylic acids is 1. The largest absolute Gasteiger partial charge is 0.490 e. The number of hydrogen-bond acceptors (Lipinski definition) is 6. The number of aromatic amines is 2. The van der Waals surface area contributed by atoms with Crippen molar-refractivity contribution in [2.24, 2.45) is 0 Å². The van der Waals surface area contributed by atoms with Crippen molar-refractivity contribution >= 4 is 29.1 Å². The first kappa shape index (κ1) is 24.8. The van der Waals surface area contributed by atoms with Gasteiger partial charge in [0.2, 0.25) is 0 Å². The minimum Gasteiger partial charge on any atom is -0.490 e. The number of hydrogen-bond donors (Lipinski definition) is 4. The van der Waals surface area contributed by atoms with Gasteiger partial charge < -0.3 is 25.0 Å². The van der Waals surface area contributed by atoms with E-state index in [1.54, 1.807) is 0 Å². The van der Waals surface area contributed by atoms with Crippen LogP contribution in [0.4, 0.5) is 14.5 Å². The zero-order valence-corrected chi connectivity index (χ0v) is 19.3. The van der Waals surface area contributed by atoms with E-state index in [1.165, 1.54) is 12.3 Å². The maximum Gasteiger partial charge on any atom is 0.290 e. The lowest BCUT2D eigenvalue weighted by atomic mass is 10.1. The molecule has 0 atom stereocenters. The van der Waals surface area contributed by atoms with Crippen LogP contribution in [0.3, 0.4) is 0 Å². The zero-order valence-electron chi connectivity index (χ0n) is 19.3. The lowest BCUT2D eigenvalue weighted by Crippen LogP contribution is -2.35. The third-order valence-corrected chi connectivity index (χ3v) is 5.74. The number of nitrogens with zero attached hydrogens (tertiary/aromatic N) is 3. The summed E-state index contributed by atoms with van der Waals surface area (Å²) in [6, 6.07) is 8.86. The highest BCUT2D eigenvalue weighted by Crippen LogP contribution is 2.28. The summed E-state index contributed by atoms with van der Waals surface area (Å²) >= 11 is 0. The summed E-state index contributed by atoms with van der Waals surface area (Å²) in [6.45, 7) is 1.76. The van der Waals surface area contributed by atoms with E-state index in [4.69, 9.17) is 14.6 Å². The van der Waals surface area contributed by atoms with Gasteiger partial charge in [-0.3, -0.25) is 14.7 Å². The predicted molar refractivity (Wildman–Crippen MR) is 128 cm³/mol. The number of H-pyrrole nitrogens is 2. The van der Waals surface area contributed by atoms with Gasteiger partial charge >= 0.3 is 0 Å². The van der Waals surface area contributed by atoms with Crippen LogP contribution in [0, 0.1) is 11.6 Å². The highest BCUT2D eigenvalue weighted by atomic mass is 19.1. The number of fused-ring (bicyclic) bond motifs is 1. The molecule has 5 rings (SSSR count). The number of anilines is 1. The quantitative estimate of drug-likeness (QED) is 0.308. The Kier molecular flexibility index (Phi) is 7.54. The molecule has 10 nitrogen and oxygen atoms in total. The summed E-state index contributed by atoms with van der Waals surface area (Å²) in [5.74, 6) is -1.64. The molecular weight excluding hydrogens is 474 g/mol. The van der Waals surface area contributed by atoms with Gasteiger partial charge in [-0.25, -0.2) is 13.8 Å². The minimum atomic E-state index is -0.946. The number of carbonyl (C=O) groups is 2. The van der Waals surface area contributed by atoms with Crippen LogP contribution in [0.2, 0.25) is 0 Å². The molecule has 4 aromatic rings. The smallest absolute Gasteiger partial charge is 0.290 e. The van der Waals surface area contributed by atoms with Crippen LogP contribution >= 0.6 is 0 Å². The molecule has 1 aliphatic heterocycles. The van der Waals surface area contributed by atoms with Crippen molar-refractivity contribution in [3.63, 3.8) is 0 Å². The van der Waals surface area contributed by atoms with E-state index in [0.717, 1.165) is 49.3 Å². The van der Waals surface area contributed by atoms with Crippen molar-refractivity contribution in [1.29, 1.82) is 0 Å². The second-order valence-electron chi connectivity index (χ2n) is 8.20. The number of amides is 1. The number of likely N-dealkylation sites (tertiary alicyclic amines) is 1. The maximum atomic E-state index is 14.0. The van der Waals surface area contributed by atoms with Gasteiger partial charge in [-0.1, -0.05) is 6.07 Å². The van der Waals surface area contributed by atoms with Crippen LogP contribution in [-0.4, -0.2) is 68.8 Å². The molecule has 1 amide bonds. The average Bonchev–Trinajstić information content (AvgIpc) is 3.47. The molecule has 1 fully saturated rings. The van der Waals surface area contributed by atoms with E-state index < -0.39 is 23.1 Å². The Balaban J connectivity index is 0.000000967. The molecule has 188 valence electrons. The number of carboxylic acid groups (broad SMARTS) is 1. The van der Waals surface area contributed by atoms with Gasteiger partial charge in [0.05, 0.1) is 22.9 Å². The molecule has 0 radical (unpaired) electrons. The Bertz CT molecular complexity index is 1340. The third kappa shape index (κ3) is 5.49. The molecule has 2 aromatic carbocycles. The van der Waals surface area contributed by atoms with Crippen molar-refractivity contribution in [3.05, 3.63) is 59.8 Å². The number of rotatable bonds is 5. The highest BCUT2D eigenvalue weighted by Gasteiger charge is 2.21. The number of halogens is 2. The van der Waals surface area contributed by atoms with Crippen LogP contribution in [-0.2, 0) is 4.79 Å². The van der Waals surface area contributed by atoms with Gasteiger partial charge in [-0.05, 0) is 44.2 Å². The normalized spacial score (nSPS) is 14.2. The summed E-state index contributed by atoms with van der Waals surface area (Å²) in [4.78, 5) is 30.9. The molecule has 1 saturated heterocycles. The highest BCUT2D eigenvalue weighted by molar-refractivity contribution is 6.06. The van der Waals surface area contributed by atoms with Gasteiger partial charge in [0.25, 0.3) is 12.4 Å². The van der Waals surface area contributed by atoms with Crippen LogP contribution in [0.5, 0.6) is 5.75 Å². The van der Waals surface area contributed by atoms with Gasteiger partial charge in [-0.2, -0.15) is 5.10 Å². The summed E-state index contributed by atoms with van der Waals surface area (Å²) in [6.07, 6.45) is 3.48. The lowest BCUT2D eigenvalue weighted by molar-refractivity contribution is -0.122. The first-order valence-corrected chi connectivity index (χ1v) is 11.1. The fourth-order valence-electron chi connectivity index (χ4n) is 3.94. The summed E-state index contributed by atoms with van der Waals surface area (Å²) in [7, 11) is 2.10. The molecule has 1 aliphatic rings. The van der Waals surface area contributed by atoms with E-state index in [-0.39, 0.29) is 18.3 Å². The number of benzene rings is 2. The molecule has 0 bridgehead atoms. The van der Waals surface area contributed by atoms with Crippen LogP contribution in [0.15, 0.2) is 42.6 Å². The van der Waals surface area contributed by atoms with E-state index >= 15 is 0 Å². The Morgan fingerprint density at radius 3 is 2.61 bits per heavy atom. The average molecular weight is 498 g/mol. The second kappa shape index (κ2) is 11.0. The Labute approximate surface area is 204 Å². The van der Waals surface area contributed by atoms with Gasteiger partial charge in [0.15, 0.2) is 5.82 Å². The molecule has 3 heterocycles. The molecule has 4 N–H and O–H groups in total. The number of aromatic nitrogens is 4. The number of nitrogens with one attached hydrogen (secondary N) is 3. The van der Waals surface area contributed by atoms with Crippen LogP contribution in [0.1, 0.15) is 23.2 Å². The fraction of sp³-hybridized carbons (Fsp3) is 0.250. The molecule has 0 saturated carbocycles. The summed E-state index contributed by atoms with van der Waals surface area (Å²) in [5.41, 5.74) is 1.42. The third-order valence-electron chi connectivity index (χ3n) is 5.74. The van der Waals surface area contributed by atoms with E-state index in [2.05, 4.69) is 37.4 Å². The van der Waals surface area contributed by atoms with Crippen molar-refractivity contribution < 1.29 is 28.2 Å². The molecule has 0 spiro atoms. The molecule has 0 unspecified atom stereocenters. The minimum absolute atomic E-state index is 0.175. The van der Waals surface area contributed by atoms with Gasteiger partial charge in [0, 0.05) is 19.2 Å². The molecule has 2 aromatic heterocycles. The van der Waals surface area contributed by atoms with E-state index in [1.807, 2.05) is 18.2 Å². The standard InChI is InChI=1S/C23H22F2N6O2.CH2O2/c1-31-9-7-13(8-10-31)33-14-5-6-17-18(11-14)28-22(27-17)21-19(12-26-30-21)29-23(32)20-15(24)3-2-4-16(20)25;2-1-3/h2-6,11-13H,7-10H2,1H3,(H,26,30)(H,27,28)(H,29,32);1H,(H,2,3). The topological polar surface area (TPSA) is 136 Å². The van der Waals surface area contributed by atoms with Crippen LogP contribution < -0.4 is 10.1 Å². The predicted octanol–water partition coefficient (Wildman–Crippen LogP) is 3.66. The summed E-state index contributed by atoms with van der Waals surface area (Å²) in [5, 5.41) is 16.1. The van der Waals surface area contributed by atoms with E-state index in [0.29, 0.717) is 17.0 Å². The second-order valence-corrected chi connectivity index (χ2v) is 8.20. The number of piperidine rings is 1. The molecule has 0 aliphatic carbocycles. The summed E-state index contributed by atoms with van der Waals surface area (Å²) < 4.78 is 34.1. The number of ether oxygens (including phenoxy) is 1. The van der Waals surface area contributed by atoms with Gasteiger partial charge in [-0.15, -0.1) is 0 Å². The van der Waals surface area contributed by atoms with Gasteiger partial charge in [0.1, 0.15) is 34.7 Å². The van der Waals surface area contributed by atoms with Crippen LogP contribution in [0.25, 0.3) is 22.6 Å². The Morgan fingerprint density at radius 1 is 1.22 bits per heavy atom. The first-order chi connectivity index (χ1) is 17.4. The Hall–Kier alpha value is -4.32. The van der Waals surface area contributed by atoms with Crippen molar-refractivity contribution in [2.75, 3.05) is 25.5 Å². The van der Waals surface area contributed by atoms with Crippen molar-refractivity contribution in [1.82, 2.24) is 25.1 Å². The first-order valence-electron chi connectivity index (χ1n) is 11.1. The van der Waals surface area contributed by atoms with E-state index in [9.17, 15) is 13.6 Å². The molecule has 36 heavy (non-hydrogen) atoms. The molecular formula is C24H24F2N6O4. The van der Waals surface area contributed by atoms with Crippen molar-refractivity contribution in [2.45, 2.75) is 18.9 Å². The molecule has 12 heteroatoms. The zero-order chi connectivity index (χ0) is 25.7. The maximum absolute atomic E-state index is 14.0. The van der Waals surface area contributed by atoms with Crippen molar-refractivity contribution in [3.8, 4) is 17.3 Å². The number of imidazole rings is 1. The fourth-order valence-corrected chi connectivity index (χ4v) is 3.94. The lowest BCUT2D eigenvalue weighted by Gasteiger charge is -2.29. The monoisotopic (exact) mass is 498 g/mol. The SMILES string of the molecule is CN1CCC(Oc2ccc3nc(-c4[nH]ncc4NC(=O)c4c(F)cccc4F)[nH]c3c2)CC1.O=CO. The Morgan fingerprint density at radius 2 is 1.92 bits per heavy atom.